The maximum absolute atomic E-state index is 12.5. The van der Waals surface area contributed by atoms with Gasteiger partial charge >= 0.3 is 5.97 Å². The van der Waals surface area contributed by atoms with E-state index in [4.69, 9.17) is 0 Å². The lowest BCUT2D eigenvalue weighted by atomic mass is 9.82. The number of carbonyl (C=O) groups is 2. The number of anilines is 1. The number of carboxylic acid groups (broad SMARTS) is 1. The summed E-state index contributed by atoms with van der Waals surface area (Å²) in [5.74, 6) is -2.43. The van der Waals surface area contributed by atoms with Crippen LogP contribution in [0.1, 0.15) is 24.0 Å². The van der Waals surface area contributed by atoms with Gasteiger partial charge in [0, 0.05) is 6.20 Å². The van der Waals surface area contributed by atoms with Gasteiger partial charge in [-0.25, -0.2) is 0 Å². The Balaban J connectivity index is 1.67. The van der Waals surface area contributed by atoms with E-state index in [1.807, 2.05) is 43.3 Å². The van der Waals surface area contributed by atoms with Gasteiger partial charge in [-0.3, -0.25) is 14.3 Å². The number of aromatic nitrogens is 2. The summed E-state index contributed by atoms with van der Waals surface area (Å²) in [5.41, 5.74) is 2.92. The molecular formula is C19H21N3O3. The lowest BCUT2D eigenvalue weighted by molar-refractivity contribution is -0.146. The molecule has 0 aliphatic heterocycles. The maximum Gasteiger partial charge on any atom is 0.307 e. The third kappa shape index (κ3) is 3.96. The normalized spacial score (nSPS) is 19.6. The molecule has 0 spiro atoms. The zero-order valence-corrected chi connectivity index (χ0v) is 14.1. The number of amides is 1. The first-order chi connectivity index (χ1) is 12.0. The van der Waals surface area contributed by atoms with E-state index in [0.717, 1.165) is 5.56 Å². The molecule has 2 atom stereocenters. The number of hydrogen-bond donors (Lipinski definition) is 2. The highest BCUT2D eigenvalue weighted by Crippen LogP contribution is 2.27. The molecular weight excluding hydrogens is 318 g/mol. The van der Waals surface area contributed by atoms with Crippen LogP contribution in [0.5, 0.6) is 0 Å². The molecule has 0 fully saturated rings. The molecule has 2 N–H and O–H groups in total. The molecule has 0 radical (unpaired) electrons. The molecule has 2 aromatic rings. The summed E-state index contributed by atoms with van der Waals surface area (Å²) < 4.78 is 1.76. The Morgan fingerprint density at radius 1 is 1.24 bits per heavy atom. The van der Waals surface area contributed by atoms with E-state index in [1.54, 1.807) is 17.1 Å². The van der Waals surface area contributed by atoms with Crippen molar-refractivity contribution in [2.45, 2.75) is 26.3 Å². The van der Waals surface area contributed by atoms with Crippen LogP contribution >= 0.6 is 0 Å². The highest BCUT2D eigenvalue weighted by Gasteiger charge is 2.34. The molecule has 1 aromatic carbocycles. The molecule has 1 aliphatic rings. The van der Waals surface area contributed by atoms with Crippen molar-refractivity contribution in [3.63, 3.8) is 0 Å². The van der Waals surface area contributed by atoms with Gasteiger partial charge in [0.25, 0.3) is 0 Å². The molecule has 0 saturated heterocycles. The Kier molecular flexibility index (Phi) is 4.97. The summed E-state index contributed by atoms with van der Waals surface area (Å²) in [7, 11) is 0. The van der Waals surface area contributed by atoms with Gasteiger partial charge in [-0.15, -0.1) is 0 Å². The van der Waals surface area contributed by atoms with Crippen LogP contribution in [-0.4, -0.2) is 26.8 Å². The summed E-state index contributed by atoms with van der Waals surface area (Å²) in [6.45, 7) is 2.66. The highest BCUT2D eigenvalue weighted by molar-refractivity contribution is 5.95. The third-order valence-corrected chi connectivity index (χ3v) is 4.58. The number of hydrogen-bond acceptors (Lipinski definition) is 3. The number of nitrogens with zero attached hydrogens (tertiary/aromatic N) is 2. The summed E-state index contributed by atoms with van der Waals surface area (Å²) in [4.78, 5) is 23.8. The van der Waals surface area contributed by atoms with Gasteiger partial charge in [-0.1, -0.05) is 36.4 Å². The predicted molar refractivity (Wildman–Crippen MR) is 94.1 cm³/mol. The maximum atomic E-state index is 12.5. The molecule has 25 heavy (non-hydrogen) atoms. The Morgan fingerprint density at radius 2 is 1.96 bits per heavy atom. The molecule has 3 rings (SSSR count). The first-order valence-electron chi connectivity index (χ1n) is 8.30. The minimum Gasteiger partial charge on any atom is -0.481 e. The zero-order chi connectivity index (χ0) is 17.8. The van der Waals surface area contributed by atoms with Crippen molar-refractivity contribution in [2.24, 2.45) is 11.8 Å². The molecule has 1 amide bonds. The van der Waals surface area contributed by atoms with Crippen LogP contribution in [0.2, 0.25) is 0 Å². The van der Waals surface area contributed by atoms with Gasteiger partial charge < -0.3 is 10.4 Å². The fourth-order valence-electron chi connectivity index (χ4n) is 3.09. The quantitative estimate of drug-likeness (QED) is 0.821. The van der Waals surface area contributed by atoms with Gasteiger partial charge in [0.2, 0.25) is 5.91 Å². The van der Waals surface area contributed by atoms with Crippen molar-refractivity contribution >= 4 is 17.6 Å². The van der Waals surface area contributed by atoms with Gasteiger partial charge in [0.15, 0.2) is 0 Å². The van der Waals surface area contributed by atoms with Crippen LogP contribution in [0.25, 0.3) is 0 Å². The second-order valence-electron chi connectivity index (χ2n) is 6.34. The fraction of sp³-hybridized carbons (Fsp3) is 0.316. The Hall–Kier alpha value is -2.89. The van der Waals surface area contributed by atoms with Crippen LogP contribution in [0.4, 0.5) is 5.69 Å². The Bertz CT molecular complexity index is 810. The molecule has 0 bridgehead atoms. The number of benzene rings is 1. The van der Waals surface area contributed by atoms with Crippen LogP contribution in [0, 0.1) is 18.8 Å². The average molecular weight is 339 g/mol. The molecule has 0 saturated carbocycles. The summed E-state index contributed by atoms with van der Waals surface area (Å²) in [6.07, 6.45) is 7.87. The van der Waals surface area contributed by atoms with Gasteiger partial charge in [-0.2, -0.15) is 5.10 Å². The third-order valence-electron chi connectivity index (χ3n) is 4.58. The van der Waals surface area contributed by atoms with E-state index in [0.29, 0.717) is 25.1 Å². The topological polar surface area (TPSA) is 84.2 Å². The molecule has 1 aromatic heterocycles. The second kappa shape index (κ2) is 7.34. The van der Waals surface area contributed by atoms with Crippen molar-refractivity contribution in [3.8, 4) is 0 Å². The number of carboxylic acids is 1. The monoisotopic (exact) mass is 339 g/mol. The summed E-state index contributed by atoms with van der Waals surface area (Å²) in [5, 5.41) is 16.4. The molecule has 130 valence electrons. The molecule has 1 heterocycles. The van der Waals surface area contributed by atoms with Crippen molar-refractivity contribution in [1.82, 2.24) is 9.78 Å². The highest BCUT2D eigenvalue weighted by atomic mass is 16.4. The molecule has 6 nitrogen and oxygen atoms in total. The van der Waals surface area contributed by atoms with Crippen molar-refractivity contribution in [1.29, 1.82) is 0 Å². The number of carbonyl (C=O) groups excluding carboxylic acids is 1. The first-order valence-corrected chi connectivity index (χ1v) is 8.30. The van der Waals surface area contributed by atoms with Gasteiger partial charge in [-0.05, 0) is 30.9 Å². The lowest BCUT2D eigenvalue weighted by Gasteiger charge is -2.23. The van der Waals surface area contributed by atoms with Gasteiger partial charge in [0.05, 0.1) is 30.3 Å². The van der Waals surface area contributed by atoms with Crippen molar-refractivity contribution in [3.05, 3.63) is 59.9 Å². The minimum absolute atomic E-state index is 0.271. The standard InChI is InChI=1S/C19H21N3O3/c1-13-6-2-3-7-14(13)11-22-12-15(10-20-22)21-18(23)16-8-4-5-9-17(16)19(24)25/h2-7,10,12,16-17H,8-9,11H2,1H3,(H,21,23)(H,24,25)/t16-,17-/m0/s1. The number of aryl methyl sites for hydroxylation is 1. The first kappa shape index (κ1) is 17.0. The molecule has 0 unspecified atom stereocenters. The summed E-state index contributed by atoms with van der Waals surface area (Å²) in [6, 6.07) is 8.06. The Labute approximate surface area is 146 Å². The largest absolute Gasteiger partial charge is 0.481 e. The number of aliphatic carboxylic acids is 1. The van der Waals surface area contributed by atoms with Crippen LogP contribution in [-0.2, 0) is 16.1 Å². The molecule has 1 aliphatic carbocycles. The fourth-order valence-corrected chi connectivity index (χ4v) is 3.09. The van der Waals surface area contributed by atoms with E-state index in [-0.39, 0.29) is 5.91 Å². The van der Waals surface area contributed by atoms with Crippen LogP contribution in [0.3, 0.4) is 0 Å². The number of nitrogens with one attached hydrogen (secondary N) is 1. The molecule has 6 heteroatoms. The van der Waals surface area contributed by atoms with Crippen LogP contribution < -0.4 is 5.32 Å². The SMILES string of the molecule is Cc1ccccc1Cn1cc(NC(=O)[C@H]2CC=CC[C@@H]2C(=O)O)cn1. The smallest absolute Gasteiger partial charge is 0.307 e. The zero-order valence-electron chi connectivity index (χ0n) is 14.1. The average Bonchev–Trinajstić information content (AvgIpc) is 3.04. The van der Waals surface area contributed by atoms with E-state index in [2.05, 4.69) is 10.4 Å². The number of rotatable bonds is 5. The second-order valence-corrected chi connectivity index (χ2v) is 6.34. The van der Waals surface area contributed by atoms with E-state index in [1.165, 1.54) is 5.56 Å². The van der Waals surface area contributed by atoms with E-state index < -0.39 is 17.8 Å². The lowest BCUT2D eigenvalue weighted by Crippen LogP contribution is -2.34. The van der Waals surface area contributed by atoms with E-state index >= 15 is 0 Å². The van der Waals surface area contributed by atoms with Crippen molar-refractivity contribution in [2.75, 3.05) is 5.32 Å². The minimum atomic E-state index is -0.931. The van der Waals surface area contributed by atoms with Crippen LogP contribution in [0.15, 0.2) is 48.8 Å². The van der Waals surface area contributed by atoms with Gasteiger partial charge in [0.1, 0.15) is 0 Å². The number of allylic oxidation sites excluding steroid dienone is 2. The predicted octanol–water partition coefficient (Wildman–Crippen LogP) is 2.85. The van der Waals surface area contributed by atoms with Crippen molar-refractivity contribution < 1.29 is 14.7 Å². The Morgan fingerprint density at radius 3 is 2.68 bits per heavy atom. The van der Waals surface area contributed by atoms with E-state index in [9.17, 15) is 14.7 Å². The summed E-state index contributed by atoms with van der Waals surface area (Å²) >= 11 is 0.